The zero-order valence-corrected chi connectivity index (χ0v) is 10.3. The first-order valence-corrected chi connectivity index (χ1v) is 5.65. The van der Waals surface area contributed by atoms with Crippen LogP contribution in [-0.2, 0) is 6.42 Å². The predicted molar refractivity (Wildman–Crippen MR) is 65.1 cm³/mol. The summed E-state index contributed by atoms with van der Waals surface area (Å²) in [5.74, 6) is 0.972. The van der Waals surface area contributed by atoms with Gasteiger partial charge in [0.1, 0.15) is 5.75 Å². The first kappa shape index (κ1) is 11.0. The Morgan fingerprint density at radius 2 is 2.19 bits per heavy atom. The van der Waals surface area contributed by atoms with Gasteiger partial charge in [-0.05, 0) is 24.1 Å². The molecular weight excluding hydrogens is 272 g/mol. The zero-order chi connectivity index (χ0) is 11.7. The van der Waals surface area contributed by atoms with E-state index >= 15 is 0 Å². The minimum Gasteiger partial charge on any atom is -0.507 e. The molecule has 0 atom stereocenters. The summed E-state index contributed by atoms with van der Waals surface area (Å²) in [5.41, 5.74) is 6.92. The topological polar surface area (TPSA) is 72.3 Å². The highest BCUT2D eigenvalue weighted by Crippen LogP contribution is 2.36. The number of aromatic hydroxyl groups is 1. The van der Waals surface area contributed by atoms with Crippen molar-refractivity contribution in [3.63, 3.8) is 0 Å². The third-order valence-electron chi connectivity index (χ3n) is 2.33. The summed E-state index contributed by atoms with van der Waals surface area (Å²) in [6.45, 7) is 1.97. The molecule has 4 nitrogen and oxygen atoms in total. The molecule has 1 aromatic heterocycles. The van der Waals surface area contributed by atoms with Crippen molar-refractivity contribution in [1.82, 2.24) is 5.16 Å². The molecule has 0 bridgehead atoms. The highest BCUT2D eigenvalue weighted by molar-refractivity contribution is 9.10. The van der Waals surface area contributed by atoms with Crippen LogP contribution < -0.4 is 5.73 Å². The van der Waals surface area contributed by atoms with E-state index in [9.17, 15) is 5.11 Å². The molecule has 1 heterocycles. The number of nitrogen functional groups attached to an aromatic ring is 1. The third kappa shape index (κ3) is 1.90. The number of hydrogen-bond acceptors (Lipinski definition) is 4. The summed E-state index contributed by atoms with van der Waals surface area (Å²) in [5, 5.41) is 13.6. The molecule has 1 aromatic carbocycles. The van der Waals surface area contributed by atoms with Gasteiger partial charge in [-0.2, -0.15) is 0 Å². The van der Waals surface area contributed by atoms with Gasteiger partial charge in [0.25, 0.3) is 0 Å². The van der Waals surface area contributed by atoms with Crippen LogP contribution in [0.2, 0.25) is 0 Å². The molecule has 5 heteroatoms. The summed E-state index contributed by atoms with van der Waals surface area (Å²) in [4.78, 5) is 0. The maximum Gasteiger partial charge on any atom is 0.172 e. The number of aromatic nitrogens is 1. The average molecular weight is 283 g/mol. The second-order valence-corrected chi connectivity index (χ2v) is 4.35. The maximum absolute atomic E-state index is 10.0. The predicted octanol–water partition coefficient (Wildman–Crippen LogP) is 2.95. The van der Waals surface area contributed by atoms with Crippen LogP contribution in [0.1, 0.15) is 12.5 Å². The number of nitrogens with zero attached hydrogens (tertiary/aromatic N) is 1. The zero-order valence-electron chi connectivity index (χ0n) is 8.70. The molecule has 0 spiro atoms. The molecule has 0 aliphatic carbocycles. The van der Waals surface area contributed by atoms with Crippen LogP contribution in [0.5, 0.6) is 5.75 Å². The average Bonchev–Trinajstić information content (AvgIpc) is 2.67. The third-order valence-corrected chi connectivity index (χ3v) is 2.79. The fourth-order valence-electron chi connectivity index (χ4n) is 1.53. The lowest BCUT2D eigenvalue weighted by Crippen LogP contribution is -1.86. The molecule has 84 valence electrons. The minimum atomic E-state index is 0.210. The Balaban J connectivity index is 2.60. The Morgan fingerprint density at radius 1 is 1.44 bits per heavy atom. The second kappa shape index (κ2) is 4.17. The fourth-order valence-corrected chi connectivity index (χ4v) is 2.03. The van der Waals surface area contributed by atoms with Gasteiger partial charge in [0.2, 0.25) is 0 Å². The van der Waals surface area contributed by atoms with Gasteiger partial charge in [0.05, 0.1) is 5.56 Å². The SMILES string of the molecule is CCc1cc(Br)cc(-c2cc(N)no2)c1O. The van der Waals surface area contributed by atoms with E-state index in [0.29, 0.717) is 17.1 Å². The molecule has 0 fully saturated rings. The smallest absolute Gasteiger partial charge is 0.172 e. The number of rotatable bonds is 2. The van der Waals surface area contributed by atoms with E-state index in [-0.39, 0.29) is 5.75 Å². The highest BCUT2D eigenvalue weighted by Gasteiger charge is 2.13. The molecule has 2 rings (SSSR count). The number of phenolic OH excluding ortho intramolecular Hbond substituents is 1. The lowest BCUT2D eigenvalue weighted by Gasteiger charge is -2.06. The first-order chi connectivity index (χ1) is 7.61. The number of halogens is 1. The minimum absolute atomic E-state index is 0.210. The molecule has 0 unspecified atom stereocenters. The molecular formula is C11H11BrN2O2. The largest absolute Gasteiger partial charge is 0.507 e. The van der Waals surface area contributed by atoms with Crippen molar-refractivity contribution < 1.29 is 9.63 Å². The Labute approximate surface area is 101 Å². The van der Waals surface area contributed by atoms with Crippen LogP contribution in [0.15, 0.2) is 27.2 Å². The molecule has 0 aliphatic heterocycles. The van der Waals surface area contributed by atoms with Crippen LogP contribution in [-0.4, -0.2) is 10.3 Å². The second-order valence-electron chi connectivity index (χ2n) is 3.43. The first-order valence-electron chi connectivity index (χ1n) is 4.85. The lowest BCUT2D eigenvalue weighted by molar-refractivity contribution is 0.428. The van der Waals surface area contributed by atoms with E-state index in [1.165, 1.54) is 0 Å². The summed E-state index contributed by atoms with van der Waals surface area (Å²) in [6, 6.07) is 5.23. The number of phenols is 1. The number of aryl methyl sites for hydroxylation is 1. The van der Waals surface area contributed by atoms with Crippen molar-refractivity contribution in [3.8, 4) is 17.1 Å². The van der Waals surface area contributed by atoms with Crippen molar-refractivity contribution >= 4 is 21.7 Å². The van der Waals surface area contributed by atoms with Gasteiger partial charge in [-0.25, -0.2) is 0 Å². The van der Waals surface area contributed by atoms with Gasteiger partial charge in [0.15, 0.2) is 11.6 Å². The van der Waals surface area contributed by atoms with Crippen molar-refractivity contribution in [3.05, 3.63) is 28.2 Å². The van der Waals surface area contributed by atoms with Crippen molar-refractivity contribution in [2.45, 2.75) is 13.3 Å². The quantitative estimate of drug-likeness (QED) is 0.888. The van der Waals surface area contributed by atoms with Gasteiger partial charge in [-0.3, -0.25) is 0 Å². The lowest BCUT2D eigenvalue weighted by atomic mass is 10.1. The van der Waals surface area contributed by atoms with Crippen molar-refractivity contribution in [1.29, 1.82) is 0 Å². The van der Waals surface area contributed by atoms with E-state index in [1.807, 2.05) is 13.0 Å². The van der Waals surface area contributed by atoms with Crippen molar-refractivity contribution in [2.75, 3.05) is 5.73 Å². The van der Waals surface area contributed by atoms with E-state index < -0.39 is 0 Å². The van der Waals surface area contributed by atoms with Crippen molar-refractivity contribution in [2.24, 2.45) is 0 Å². The monoisotopic (exact) mass is 282 g/mol. The summed E-state index contributed by atoms with van der Waals surface area (Å²) in [7, 11) is 0. The molecule has 0 radical (unpaired) electrons. The summed E-state index contributed by atoms with van der Waals surface area (Å²) >= 11 is 3.39. The fraction of sp³-hybridized carbons (Fsp3) is 0.182. The molecule has 2 aromatic rings. The Morgan fingerprint density at radius 3 is 2.75 bits per heavy atom. The highest BCUT2D eigenvalue weighted by atomic mass is 79.9. The molecule has 3 N–H and O–H groups in total. The van der Waals surface area contributed by atoms with E-state index in [0.717, 1.165) is 16.5 Å². The molecule has 0 saturated carbocycles. The van der Waals surface area contributed by atoms with Crippen LogP contribution in [0, 0.1) is 0 Å². The molecule has 0 aliphatic rings. The maximum atomic E-state index is 10.0. The molecule has 0 amide bonds. The van der Waals surface area contributed by atoms with Crippen LogP contribution in [0.25, 0.3) is 11.3 Å². The van der Waals surface area contributed by atoms with Gasteiger partial charge in [-0.1, -0.05) is 28.0 Å². The van der Waals surface area contributed by atoms with Crippen LogP contribution >= 0.6 is 15.9 Å². The molecule has 16 heavy (non-hydrogen) atoms. The van der Waals surface area contributed by atoms with E-state index in [2.05, 4.69) is 21.1 Å². The van der Waals surface area contributed by atoms with Crippen LogP contribution in [0.3, 0.4) is 0 Å². The van der Waals surface area contributed by atoms with Gasteiger partial charge in [-0.15, -0.1) is 0 Å². The van der Waals surface area contributed by atoms with E-state index in [4.69, 9.17) is 10.3 Å². The molecule has 0 saturated heterocycles. The number of nitrogens with two attached hydrogens (primary N) is 1. The standard InChI is InChI=1S/C11H11BrN2O2/c1-2-6-3-7(12)4-8(11(6)15)9-5-10(13)14-16-9/h3-5,15H,2H2,1H3,(H2,13,14). The number of benzene rings is 1. The van der Waals surface area contributed by atoms with Gasteiger partial charge >= 0.3 is 0 Å². The van der Waals surface area contributed by atoms with Crippen LogP contribution in [0.4, 0.5) is 5.82 Å². The Hall–Kier alpha value is -1.49. The number of anilines is 1. The van der Waals surface area contributed by atoms with Gasteiger partial charge in [0, 0.05) is 10.5 Å². The Bertz CT molecular complexity index is 523. The van der Waals surface area contributed by atoms with Gasteiger partial charge < -0.3 is 15.4 Å². The Kier molecular flexibility index (Phi) is 2.87. The van der Waals surface area contributed by atoms with E-state index in [1.54, 1.807) is 12.1 Å². The number of hydrogen-bond donors (Lipinski definition) is 2. The summed E-state index contributed by atoms with van der Waals surface area (Å²) < 4.78 is 5.91. The normalized spacial score (nSPS) is 10.6. The summed E-state index contributed by atoms with van der Waals surface area (Å²) in [6.07, 6.45) is 0.738.